The highest BCUT2D eigenvalue weighted by Crippen LogP contribution is 2.23. The summed E-state index contributed by atoms with van der Waals surface area (Å²) >= 11 is 0. The van der Waals surface area contributed by atoms with Gasteiger partial charge in [0.05, 0.1) is 11.7 Å². The molecule has 3 heterocycles. The van der Waals surface area contributed by atoms with Gasteiger partial charge in [0.15, 0.2) is 0 Å². The molecule has 6 nitrogen and oxygen atoms in total. The van der Waals surface area contributed by atoms with Crippen LogP contribution in [0.5, 0.6) is 0 Å². The molecule has 7 heteroatoms. The van der Waals surface area contributed by atoms with Crippen molar-refractivity contribution in [3.05, 3.63) is 66.5 Å². The van der Waals surface area contributed by atoms with Gasteiger partial charge in [-0.2, -0.15) is 5.10 Å². The molecular formula is C18H23ClN6. The third-order valence-corrected chi connectivity index (χ3v) is 4.58. The van der Waals surface area contributed by atoms with Crippen LogP contribution in [0.3, 0.4) is 0 Å². The largest absolute Gasteiger partial charge is 0.337 e. The number of aromatic nitrogens is 4. The highest BCUT2D eigenvalue weighted by molar-refractivity contribution is 5.85. The van der Waals surface area contributed by atoms with E-state index in [0.717, 1.165) is 37.7 Å². The number of hydrogen-bond acceptors (Lipinski definition) is 4. The van der Waals surface area contributed by atoms with Gasteiger partial charge in [0.25, 0.3) is 0 Å². The van der Waals surface area contributed by atoms with Gasteiger partial charge in [-0.15, -0.1) is 12.4 Å². The van der Waals surface area contributed by atoms with Crippen LogP contribution < -0.4 is 5.32 Å². The minimum absolute atomic E-state index is 0. The highest BCUT2D eigenvalue weighted by atomic mass is 35.5. The maximum atomic E-state index is 4.56. The molecule has 1 fully saturated rings. The molecule has 0 bridgehead atoms. The van der Waals surface area contributed by atoms with Crippen molar-refractivity contribution in [2.45, 2.75) is 12.6 Å². The summed E-state index contributed by atoms with van der Waals surface area (Å²) in [5, 5.41) is 7.81. The fourth-order valence-corrected chi connectivity index (χ4v) is 3.34. The van der Waals surface area contributed by atoms with Crippen LogP contribution >= 0.6 is 12.4 Å². The van der Waals surface area contributed by atoms with Gasteiger partial charge in [0.1, 0.15) is 5.82 Å². The first-order chi connectivity index (χ1) is 11.8. The zero-order valence-electron chi connectivity index (χ0n) is 14.2. The summed E-state index contributed by atoms with van der Waals surface area (Å²) in [4.78, 5) is 7.06. The molecule has 0 amide bonds. The van der Waals surface area contributed by atoms with E-state index < -0.39 is 0 Å². The molecular weight excluding hydrogens is 336 g/mol. The van der Waals surface area contributed by atoms with Crippen molar-refractivity contribution in [2.24, 2.45) is 7.05 Å². The van der Waals surface area contributed by atoms with Gasteiger partial charge in [-0.05, 0) is 23.8 Å². The topological polar surface area (TPSA) is 50.9 Å². The normalized spacial score (nSPS) is 18.0. The first kappa shape index (κ1) is 17.7. The monoisotopic (exact) mass is 358 g/mol. The molecule has 0 spiro atoms. The van der Waals surface area contributed by atoms with Crippen LogP contribution in [0.4, 0.5) is 0 Å². The highest BCUT2D eigenvalue weighted by Gasteiger charge is 2.26. The van der Waals surface area contributed by atoms with Crippen LogP contribution in [0, 0.1) is 0 Å². The maximum absolute atomic E-state index is 4.56. The number of imidazole rings is 1. The van der Waals surface area contributed by atoms with Crippen molar-refractivity contribution < 1.29 is 0 Å². The van der Waals surface area contributed by atoms with E-state index in [1.54, 1.807) is 6.20 Å². The van der Waals surface area contributed by atoms with Crippen LogP contribution in [0.25, 0.3) is 5.69 Å². The van der Waals surface area contributed by atoms with Crippen LogP contribution in [-0.4, -0.2) is 43.9 Å². The fourth-order valence-electron chi connectivity index (χ4n) is 3.34. The zero-order chi connectivity index (χ0) is 16.4. The van der Waals surface area contributed by atoms with E-state index in [9.17, 15) is 0 Å². The van der Waals surface area contributed by atoms with Gasteiger partial charge in [0.2, 0.25) is 0 Å². The molecule has 1 atom stereocenters. The molecule has 4 rings (SSSR count). The minimum atomic E-state index is 0. The molecule has 1 aromatic carbocycles. The lowest BCUT2D eigenvalue weighted by Crippen LogP contribution is -2.46. The van der Waals surface area contributed by atoms with E-state index in [4.69, 9.17) is 0 Å². The third-order valence-electron chi connectivity index (χ3n) is 4.58. The van der Waals surface area contributed by atoms with Crippen molar-refractivity contribution in [1.82, 2.24) is 29.5 Å². The van der Waals surface area contributed by atoms with Crippen molar-refractivity contribution >= 4 is 12.4 Å². The smallest absolute Gasteiger partial charge is 0.127 e. The Morgan fingerprint density at radius 3 is 2.88 bits per heavy atom. The lowest BCUT2D eigenvalue weighted by Gasteiger charge is -2.35. The molecule has 25 heavy (non-hydrogen) atoms. The Morgan fingerprint density at radius 2 is 2.12 bits per heavy atom. The average Bonchev–Trinajstić information content (AvgIpc) is 3.27. The Kier molecular flexibility index (Phi) is 5.53. The SMILES string of the molecule is Cl.Cn1ccnc1C1CNCCN1Cc1cccc(-n2cccn2)c1. The first-order valence-corrected chi connectivity index (χ1v) is 8.32. The Labute approximate surface area is 153 Å². The predicted molar refractivity (Wildman–Crippen MR) is 100 cm³/mol. The number of benzene rings is 1. The van der Waals surface area contributed by atoms with Crippen molar-refractivity contribution in [2.75, 3.05) is 19.6 Å². The van der Waals surface area contributed by atoms with Crippen LogP contribution in [0.2, 0.25) is 0 Å². The van der Waals surface area contributed by atoms with Crippen molar-refractivity contribution in [1.29, 1.82) is 0 Å². The molecule has 1 N–H and O–H groups in total. The second-order valence-electron chi connectivity index (χ2n) is 6.21. The molecule has 0 aliphatic carbocycles. The summed E-state index contributed by atoms with van der Waals surface area (Å²) in [5.74, 6) is 1.12. The van der Waals surface area contributed by atoms with Crippen molar-refractivity contribution in [3.8, 4) is 5.69 Å². The second-order valence-corrected chi connectivity index (χ2v) is 6.21. The van der Waals surface area contributed by atoms with E-state index >= 15 is 0 Å². The van der Waals surface area contributed by atoms with Gasteiger partial charge in [0, 0.05) is 58.0 Å². The minimum Gasteiger partial charge on any atom is -0.337 e. The standard InChI is InChI=1S/C18H22N6.ClH/c1-22-10-8-20-18(22)17-13-19-7-11-23(17)14-15-4-2-5-16(12-15)24-9-3-6-21-24;/h2-6,8-10,12,17,19H,7,11,13-14H2,1H3;1H. The zero-order valence-corrected chi connectivity index (χ0v) is 15.1. The summed E-state index contributed by atoms with van der Waals surface area (Å²) in [5.41, 5.74) is 2.39. The number of hydrogen-bond donors (Lipinski definition) is 1. The van der Waals surface area contributed by atoms with Gasteiger partial charge in [-0.1, -0.05) is 12.1 Å². The number of rotatable bonds is 4. The molecule has 1 aliphatic rings. The lowest BCUT2D eigenvalue weighted by molar-refractivity contribution is 0.145. The molecule has 1 aliphatic heterocycles. The maximum Gasteiger partial charge on any atom is 0.127 e. The molecule has 3 aromatic rings. The summed E-state index contributed by atoms with van der Waals surface area (Å²) in [6, 6.07) is 10.8. The summed E-state index contributed by atoms with van der Waals surface area (Å²) in [7, 11) is 2.06. The Bertz CT molecular complexity index is 798. The molecule has 1 unspecified atom stereocenters. The van der Waals surface area contributed by atoms with Gasteiger partial charge in [-0.3, -0.25) is 4.90 Å². The van der Waals surface area contributed by atoms with Crippen LogP contribution in [0.15, 0.2) is 55.1 Å². The average molecular weight is 359 g/mol. The second kappa shape index (κ2) is 7.82. The molecule has 2 aromatic heterocycles. The van der Waals surface area contributed by atoms with E-state index in [0.29, 0.717) is 6.04 Å². The van der Waals surface area contributed by atoms with Crippen LogP contribution in [0.1, 0.15) is 17.4 Å². The Hall–Kier alpha value is -2.15. The molecule has 0 radical (unpaired) electrons. The number of halogens is 1. The van der Waals surface area contributed by atoms with Gasteiger partial charge in [-0.25, -0.2) is 9.67 Å². The third kappa shape index (κ3) is 3.76. The first-order valence-electron chi connectivity index (χ1n) is 8.32. The predicted octanol–water partition coefficient (Wildman–Crippen LogP) is 2.17. The summed E-state index contributed by atoms with van der Waals surface area (Å²) < 4.78 is 4.02. The number of nitrogens with one attached hydrogen (secondary N) is 1. The van der Waals surface area contributed by atoms with Crippen molar-refractivity contribution in [3.63, 3.8) is 0 Å². The number of nitrogens with zero attached hydrogens (tertiary/aromatic N) is 5. The van der Waals surface area contributed by atoms with E-state index in [2.05, 4.69) is 56.2 Å². The molecule has 0 saturated carbocycles. The summed E-state index contributed by atoms with van der Waals surface area (Å²) in [6.07, 6.45) is 7.67. The number of piperazine rings is 1. The Balaban J connectivity index is 0.00000182. The Morgan fingerprint density at radius 1 is 1.20 bits per heavy atom. The molecule has 132 valence electrons. The quantitative estimate of drug-likeness (QED) is 0.776. The van der Waals surface area contributed by atoms with E-state index in [1.807, 2.05) is 29.3 Å². The lowest BCUT2D eigenvalue weighted by atomic mass is 10.1. The van der Waals surface area contributed by atoms with Gasteiger partial charge < -0.3 is 9.88 Å². The fraction of sp³-hybridized carbons (Fsp3) is 0.333. The number of aryl methyl sites for hydroxylation is 1. The molecule has 1 saturated heterocycles. The summed E-state index contributed by atoms with van der Waals surface area (Å²) in [6.45, 7) is 3.88. The van der Waals surface area contributed by atoms with E-state index in [-0.39, 0.29) is 12.4 Å². The van der Waals surface area contributed by atoms with E-state index in [1.165, 1.54) is 5.56 Å². The van der Waals surface area contributed by atoms with Crippen LogP contribution in [-0.2, 0) is 13.6 Å². The van der Waals surface area contributed by atoms with Gasteiger partial charge >= 0.3 is 0 Å².